The molecule has 19 heavy (non-hydrogen) atoms. The molecule has 1 aromatic carbocycles. The Morgan fingerprint density at radius 2 is 2.21 bits per heavy atom. The number of nitrogen functional groups attached to an aromatic ring is 1. The Hall–Kier alpha value is -1.71. The van der Waals surface area contributed by atoms with E-state index in [9.17, 15) is 4.79 Å². The molecule has 1 aliphatic rings. The van der Waals surface area contributed by atoms with Crippen molar-refractivity contribution in [3.05, 3.63) is 23.8 Å². The summed E-state index contributed by atoms with van der Waals surface area (Å²) in [5, 5.41) is 0. The number of hydrogen-bond donors (Lipinski definition) is 1. The van der Waals surface area contributed by atoms with Gasteiger partial charge in [0.25, 0.3) is 0 Å². The molecule has 0 spiro atoms. The highest BCUT2D eigenvalue weighted by Crippen LogP contribution is 2.32. The number of ether oxygens (including phenoxy) is 1. The fourth-order valence-electron chi connectivity index (χ4n) is 2.61. The van der Waals surface area contributed by atoms with Gasteiger partial charge in [0.1, 0.15) is 0 Å². The number of nitrogens with two attached hydrogens (primary N) is 1. The van der Waals surface area contributed by atoms with Crippen molar-refractivity contribution in [2.75, 3.05) is 30.8 Å². The number of methoxy groups -OCH3 is 1. The van der Waals surface area contributed by atoms with Crippen molar-refractivity contribution in [2.45, 2.75) is 20.3 Å². The van der Waals surface area contributed by atoms with Crippen molar-refractivity contribution in [1.29, 1.82) is 0 Å². The normalized spacial score (nSPS) is 18.9. The lowest BCUT2D eigenvalue weighted by Gasteiger charge is -2.22. The van der Waals surface area contributed by atoms with E-state index in [4.69, 9.17) is 10.5 Å². The summed E-state index contributed by atoms with van der Waals surface area (Å²) in [7, 11) is 1.39. The van der Waals surface area contributed by atoms with Gasteiger partial charge in [-0.3, -0.25) is 0 Å². The topological polar surface area (TPSA) is 55.6 Å². The van der Waals surface area contributed by atoms with Crippen molar-refractivity contribution in [3.8, 4) is 0 Å². The van der Waals surface area contributed by atoms with Crippen LogP contribution >= 0.6 is 0 Å². The third-order valence-corrected chi connectivity index (χ3v) is 3.96. The Morgan fingerprint density at radius 1 is 1.47 bits per heavy atom. The Balaban J connectivity index is 2.22. The van der Waals surface area contributed by atoms with Gasteiger partial charge >= 0.3 is 5.97 Å². The highest BCUT2D eigenvalue weighted by atomic mass is 16.5. The second-order valence-electron chi connectivity index (χ2n) is 5.50. The molecule has 0 radical (unpaired) electrons. The summed E-state index contributed by atoms with van der Waals surface area (Å²) in [6.07, 6.45) is 1.18. The van der Waals surface area contributed by atoms with Crippen LogP contribution < -0.4 is 10.6 Å². The van der Waals surface area contributed by atoms with Crippen molar-refractivity contribution in [2.24, 2.45) is 11.8 Å². The first-order chi connectivity index (χ1) is 9.02. The average molecular weight is 262 g/mol. The molecule has 4 heteroatoms. The minimum Gasteiger partial charge on any atom is -0.465 e. The number of carbonyl (C=O) groups is 1. The van der Waals surface area contributed by atoms with Crippen molar-refractivity contribution in [3.63, 3.8) is 0 Å². The zero-order valence-electron chi connectivity index (χ0n) is 11.8. The molecule has 1 fully saturated rings. The van der Waals surface area contributed by atoms with Crippen molar-refractivity contribution >= 4 is 17.3 Å². The molecule has 1 unspecified atom stereocenters. The third-order valence-electron chi connectivity index (χ3n) is 3.96. The van der Waals surface area contributed by atoms with Gasteiger partial charge < -0.3 is 15.4 Å². The first kappa shape index (κ1) is 13.7. The molecule has 4 nitrogen and oxygen atoms in total. The summed E-state index contributed by atoms with van der Waals surface area (Å²) in [4.78, 5) is 13.9. The molecule has 0 bridgehead atoms. The number of esters is 1. The molecular weight excluding hydrogens is 240 g/mol. The van der Waals surface area contributed by atoms with E-state index in [2.05, 4.69) is 18.7 Å². The number of nitrogens with zero attached hydrogens (tertiary/aromatic N) is 1. The van der Waals surface area contributed by atoms with Crippen LogP contribution in [0.3, 0.4) is 0 Å². The van der Waals surface area contributed by atoms with E-state index in [1.807, 2.05) is 6.07 Å². The standard InChI is InChI=1S/C15H22N2O2/c1-10(2)12-6-7-17(9-12)14-8-11(15(18)19-3)4-5-13(14)16/h4-5,8,10,12H,6-7,9,16H2,1-3H3. The number of anilines is 2. The molecule has 0 aliphatic carbocycles. The maximum absolute atomic E-state index is 11.6. The zero-order chi connectivity index (χ0) is 14.0. The number of carbonyl (C=O) groups excluding carboxylic acids is 1. The molecule has 2 N–H and O–H groups in total. The molecule has 1 atom stereocenters. The number of rotatable bonds is 3. The van der Waals surface area contributed by atoms with Crippen LogP contribution in [-0.4, -0.2) is 26.2 Å². The molecule has 1 heterocycles. The van der Waals surface area contributed by atoms with Crippen LogP contribution in [0, 0.1) is 11.8 Å². The van der Waals surface area contributed by atoms with E-state index in [1.54, 1.807) is 12.1 Å². The molecule has 1 aromatic rings. The van der Waals surface area contributed by atoms with Gasteiger partial charge in [-0.15, -0.1) is 0 Å². The molecule has 0 amide bonds. The maximum Gasteiger partial charge on any atom is 0.337 e. The van der Waals surface area contributed by atoms with Gasteiger partial charge in [0.2, 0.25) is 0 Å². The lowest BCUT2D eigenvalue weighted by molar-refractivity contribution is 0.0601. The predicted octanol–water partition coefficient (Wildman–Crippen LogP) is 2.54. The lowest BCUT2D eigenvalue weighted by atomic mass is 9.95. The van der Waals surface area contributed by atoms with Crippen LogP contribution in [0.2, 0.25) is 0 Å². The van der Waals surface area contributed by atoms with Crippen LogP contribution in [0.1, 0.15) is 30.6 Å². The quantitative estimate of drug-likeness (QED) is 0.672. The van der Waals surface area contributed by atoms with Gasteiger partial charge in [-0.05, 0) is 36.5 Å². The minimum absolute atomic E-state index is 0.319. The van der Waals surface area contributed by atoms with Crippen molar-refractivity contribution < 1.29 is 9.53 Å². The summed E-state index contributed by atoms with van der Waals surface area (Å²) in [5.74, 6) is 1.05. The van der Waals surface area contributed by atoms with Gasteiger partial charge in [-0.2, -0.15) is 0 Å². The number of benzene rings is 1. The molecule has 1 saturated heterocycles. The second kappa shape index (κ2) is 5.51. The first-order valence-electron chi connectivity index (χ1n) is 6.75. The third kappa shape index (κ3) is 2.83. The van der Waals surface area contributed by atoms with Crippen LogP contribution in [0.5, 0.6) is 0 Å². The monoisotopic (exact) mass is 262 g/mol. The molecule has 2 rings (SSSR count). The molecule has 0 aromatic heterocycles. The summed E-state index contributed by atoms with van der Waals surface area (Å²) >= 11 is 0. The minimum atomic E-state index is -0.319. The van der Waals surface area contributed by atoms with E-state index in [0.717, 1.165) is 24.5 Å². The smallest absolute Gasteiger partial charge is 0.337 e. The van der Waals surface area contributed by atoms with Gasteiger partial charge in [-0.25, -0.2) is 4.79 Å². The summed E-state index contributed by atoms with van der Waals surface area (Å²) in [6.45, 7) is 6.51. The lowest BCUT2D eigenvalue weighted by Crippen LogP contribution is -2.22. The molecule has 0 saturated carbocycles. The molecule has 1 aliphatic heterocycles. The van der Waals surface area contributed by atoms with Crippen LogP contribution in [0.4, 0.5) is 11.4 Å². The van der Waals surface area contributed by atoms with Crippen LogP contribution in [-0.2, 0) is 4.74 Å². The Bertz CT molecular complexity index is 471. The fraction of sp³-hybridized carbons (Fsp3) is 0.533. The van der Waals surface area contributed by atoms with Gasteiger partial charge in [0.15, 0.2) is 0 Å². The summed E-state index contributed by atoms with van der Waals surface area (Å²) in [6, 6.07) is 5.33. The van der Waals surface area contributed by atoms with E-state index in [-0.39, 0.29) is 5.97 Å². The van der Waals surface area contributed by atoms with Crippen LogP contribution in [0.15, 0.2) is 18.2 Å². The first-order valence-corrected chi connectivity index (χ1v) is 6.75. The second-order valence-corrected chi connectivity index (χ2v) is 5.50. The predicted molar refractivity (Wildman–Crippen MR) is 77.4 cm³/mol. The maximum atomic E-state index is 11.6. The summed E-state index contributed by atoms with van der Waals surface area (Å²) < 4.78 is 4.75. The highest BCUT2D eigenvalue weighted by Gasteiger charge is 2.26. The van der Waals surface area contributed by atoms with Gasteiger partial charge in [0.05, 0.1) is 24.0 Å². The molecule has 104 valence electrons. The molecular formula is C15H22N2O2. The fourth-order valence-corrected chi connectivity index (χ4v) is 2.61. The number of hydrogen-bond acceptors (Lipinski definition) is 4. The van der Waals surface area contributed by atoms with E-state index >= 15 is 0 Å². The SMILES string of the molecule is COC(=O)c1ccc(N)c(N2CCC(C(C)C)C2)c1. The average Bonchev–Trinajstić information content (AvgIpc) is 2.88. The highest BCUT2D eigenvalue weighted by molar-refractivity contribution is 5.92. The summed E-state index contributed by atoms with van der Waals surface area (Å²) in [5.41, 5.74) is 8.26. The zero-order valence-corrected chi connectivity index (χ0v) is 11.8. The Kier molecular flexibility index (Phi) is 3.98. The Labute approximate surface area is 114 Å². The van der Waals surface area contributed by atoms with Gasteiger partial charge in [-0.1, -0.05) is 13.8 Å². The van der Waals surface area contributed by atoms with Gasteiger partial charge in [0, 0.05) is 13.1 Å². The van der Waals surface area contributed by atoms with Crippen LogP contribution in [0.25, 0.3) is 0 Å². The largest absolute Gasteiger partial charge is 0.465 e. The van der Waals surface area contributed by atoms with Crippen molar-refractivity contribution in [1.82, 2.24) is 0 Å². The Morgan fingerprint density at radius 3 is 2.79 bits per heavy atom. The van der Waals surface area contributed by atoms with E-state index < -0.39 is 0 Å². The van der Waals surface area contributed by atoms with E-state index in [0.29, 0.717) is 17.4 Å². The van der Waals surface area contributed by atoms with E-state index in [1.165, 1.54) is 13.5 Å².